The fourth-order valence-electron chi connectivity index (χ4n) is 1.09. The summed E-state index contributed by atoms with van der Waals surface area (Å²) < 4.78 is 4.68. The van der Waals surface area contributed by atoms with E-state index in [4.69, 9.17) is 11.6 Å². The molecule has 96 valence electrons. The van der Waals surface area contributed by atoms with E-state index in [0.29, 0.717) is 9.92 Å². The second-order valence-electron chi connectivity index (χ2n) is 3.04. The minimum Gasteiger partial charge on any atom is -0.463 e. The van der Waals surface area contributed by atoms with Gasteiger partial charge in [-0.25, -0.2) is 4.79 Å². The van der Waals surface area contributed by atoms with Crippen molar-refractivity contribution in [2.24, 2.45) is 0 Å². The molecule has 0 radical (unpaired) electrons. The lowest BCUT2D eigenvalue weighted by Gasteiger charge is -2.00. The summed E-state index contributed by atoms with van der Waals surface area (Å²) in [6.07, 6.45) is 1.21. The van der Waals surface area contributed by atoms with E-state index >= 15 is 0 Å². The lowest BCUT2D eigenvalue weighted by atomic mass is 10.3. The Labute approximate surface area is 113 Å². The molecule has 0 aliphatic rings. The first-order chi connectivity index (χ1) is 8.54. The van der Waals surface area contributed by atoms with Crippen LogP contribution in [0, 0.1) is 10.1 Å². The van der Waals surface area contributed by atoms with Crippen LogP contribution in [0.15, 0.2) is 34.6 Å². The molecule has 1 aromatic carbocycles. The van der Waals surface area contributed by atoms with Crippen molar-refractivity contribution < 1.29 is 14.5 Å². The van der Waals surface area contributed by atoms with E-state index in [2.05, 4.69) is 4.74 Å². The van der Waals surface area contributed by atoms with E-state index in [0.717, 1.165) is 11.8 Å². The number of thioether (sulfide) groups is 1. The monoisotopic (exact) mass is 287 g/mol. The minimum absolute atomic E-state index is 0.0575. The molecule has 5 nitrogen and oxygen atoms in total. The van der Waals surface area contributed by atoms with Gasteiger partial charge in [-0.05, 0) is 24.5 Å². The Morgan fingerprint density at radius 1 is 1.61 bits per heavy atom. The van der Waals surface area contributed by atoms with Crippen LogP contribution in [0.2, 0.25) is 5.02 Å². The van der Waals surface area contributed by atoms with Crippen molar-refractivity contribution in [2.75, 3.05) is 6.61 Å². The Bertz CT molecular complexity index is 490. The van der Waals surface area contributed by atoms with Gasteiger partial charge in [-0.1, -0.05) is 23.4 Å². The van der Waals surface area contributed by atoms with Crippen LogP contribution in [0.3, 0.4) is 0 Å². The Morgan fingerprint density at radius 3 is 2.94 bits per heavy atom. The van der Waals surface area contributed by atoms with Crippen LogP contribution in [0.1, 0.15) is 6.92 Å². The van der Waals surface area contributed by atoms with Gasteiger partial charge in [-0.2, -0.15) is 0 Å². The second-order valence-corrected chi connectivity index (χ2v) is 4.43. The zero-order valence-electron chi connectivity index (χ0n) is 9.46. The maximum Gasteiger partial charge on any atom is 0.331 e. The Balaban J connectivity index is 2.80. The van der Waals surface area contributed by atoms with Crippen LogP contribution in [0.5, 0.6) is 0 Å². The largest absolute Gasteiger partial charge is 0.463 e. The lowest BCUT2D eigenvalue weighted by molar-refractivity contribution is -0.387. The fraction of sp³-hybridized carbons (Fsp3) is 0.182. The minimum atomic E-state index is -0.503. The van der Waals surface area contributed by atoms with Crippen molar-refractivity contribution in [1.29, 1.82) is 0 Å². The van der Waals surface area contributed by atoms with Gasteiger partial charge in [0.15, 0.2) is 0 Å². The molecule has 0 fully saturated rings. The average molecular weight is 288 g/mol. The number of nitro groups is 1. The summed E-state index contributed by atoms with van der Waals surface area (Å²) in [7, 11) is 0. The summed E-state index contributed by atoms with van der Waals surface area (Å²) in [6, 6.07) is 4.24. The van der Waals surface area contributed by atoms with Crippen molar-refractivity contribution in [3.8, 4) is 0 Å². The molecule has 0 bridgehead atoms. The number of hydrogen-bond acceptors (Lipinski definition) is 5. The smallest absolute Gasteiger partial charge is 0.331 e. The zero-order chi connectivity index (χ0) is 13.5. The summed E-state index contributed by atoms with van der Waals surface area (Å²) in [6.45, 7) is 1.98. The standard InChI is InChI=1S/C11H10ClNO4S/c1-2-17-11(14)5-6-18-10-7-8(12)3-4-9(10)13(15)16/h3-7H,2H2,1H3/b6-5-. The molecular weight excluding hydrogens is 278 g/mol. The van der Waals surface area contributed by atoms with Gasteiger partial charge in [0, 0.05) is 17.2 Å². The fourth-order valence-corrected chi connectivity index (χ4v) is 2.11. The molecular formula is C11H10ClNO4S. The first-order valence-corrected chi connectivity index (χ1v) is 6.24. The van der Waals surface area contributed by atoms with Crippen LogP contribution < -0.4 is 0 Å². The molecule has 0 saturated carbocycles. The SMILES string of the molecule is CCOC(=O)/C=C\Sc1cc(Cl)ccc1[N+](=O)[O-]. The Kier molecular flexibility index (Phi) is 5.67. The number of benzene rings is 1. The third-order valence-electron chi connectivity index (χ3n) is 1.80. The number of nitrogens with zero attached hydrogens (tertiary/aromatic N) is 1. The molecule has 0 heterocycles. The number of nitro benzene ring substituents is 1. The number of halogens is 1. The molecule has 7 heteroatoms. The molecule has 0 aliphatic carbocycles. The maximum absolute atomic E-state index is 11.0. The van der Waals surface area contributed by atoms with Gasteiger partial charge in [0.1, 0.15) is 0 Å². The summed E-state index contributed by atoms with van der Waals surface area (Å²) in [5.74, 6) is -0.491. The van der Waals surface area contributed by atoms with Gasteiger partial charge in [-0.15, -0.1) is 0 Å². The predicted octanol–water partition coefficient (Wildman–Crippen LogP) is 3.42. The number of carbonyl (C=O) groups is 1. The Hall–Kier alpha value is -1.53. The molecule has 0 spiro atoms. The van der Waals surface area contributed by atoms with Crippen molar-refractivity contribution in [3.05, 3.63) is 44.8 Å². The van der Waals surface area contributed by atoms with Crippen molar-refractivity contribution in [1.82, 2.24) is 0 Å². The van der Waals surface area contributed by atoms with Crippen molar-refractivity contribution >= 4 is 35.0 Å². The second kappa shape index (κ2) is 7.03. The molecule has 0 amide bonds. The Morgan fingerprint density at radius 2 is 2.33 bits per heavy atom. The molecule has 1 aromatic rings. The third-order valence-corrected chi connectivity index (χ3v) is 2.89. The lowest BCUT2D eigenvalue weighted by Crippen LogP contribution is -1.98. The van der Waals surface area contributed by atoms with Crippen molar-refractivity contribution in [3.63, 3.8) is 0 Å². The molecule has 0 N–H and O–H groups in total. The molecule has 1 rings (SSSR count). The summed E-state index contributed by atoms with van der Waals surface area (Å²) in [4.78, 5) is 21.7. The molecule has 0 aromatic heterocycles. The van der Waals surface area contributed by atoms with Crippen LogP contribution in [-0.2, 0) is 9.53 Å². The molecule has 18 heavy (non-hydrogen) atoms. The predicted molar refractivity (Wildman–Crippen MR) is 69.7 cm³/mol. The van der Waals surface area contributed by atoms with Gasteiger partial charge in [0.05, 0.1) is 16.4 Å². The van der Waals surface area contributed by atoms with E-state index in [1.165, 1.54) is 29.7 Å². The molecule has 0 saturated heterocycles. The molecule has 0 aliphatic heterocycles. The number of rotatable bonds is 5. The van der Waals surface area contributed by atoms with Crippen molar-refractivity contribution in [2.45, 2.75) is 11.8 Å². The van der Waals surface area contributed by atoms with E-state index in [1.54, 1.807) is 6.92 Å². The number of ether oxygens (including phenoxy) is 1. The highest BCUT2D eigenvalue weighted by molar-refractivity contribution is 8.02. The quantitative estimate of drug-likeness (QED) is 0.273. The van der Waals surface area contributed by atoms with Crippen LogP contribution in [0.4, 0.5) is 5.69 Å². The number of carbonyl (C=O) groups excluding carboxylic acids is 1. The van der Waals surface area contributed by atoms with E-state index < -0.39 is 10.9 Å². The van der Waals surface area contributed by atoms with E-state index in [1.807, 2.05) is 0 Å². The van der Waals surface area contributed by atoms with Gasteiger partial charge >= 0.3 is 5.97 Å². The normalized spacial score (nSPS) is 10.6. The number of hydrogen-bond donors (Lipinski definition) is 0. The van der Waals surface area contributed by atoms with Gasteiger partial charge in [0.25, 0.3) is 5.69 Å². The number of esters is 1. The molecule has 0 atom stereocenters. The van der Waals surface area contributed by atoms with Gasteiger partial charge in [-0.3, -0.25) is 10.1 Å². The zero-order valence-corrected chi connectivity index (χ0v) is 11.0. The topological polar surface area (TPSA) is 69.4 Å². The highest BCUT2D eigenvalue weighted by Gasteiger charge is 2.13. The highest BCUT2D eigenvalue weighted by atomic mass is 35.5. The van der Waals surface area contributed by atoms with Gasteiger partial charge < -0.3 is 4.74 Å². The maximum atomic E-state index is 11.0. The van der Waals surface area contributed by atoms with Crippen LogP contribution in [-0.4, -0.2) is 17.5 Å². The van der Waals surface area contributed by atoms with Crippen LogP contribution in [0.25, 0.3) is 0 Å². The van der Waals surface area contributed by atoms with Gasteiger partial charge in [0.2, 0.25) is 0 Å². The summed E-state index contributed by atoms with van der Waals surface area (Å²) in [5.41, 5.74) is -0.0575. The third kappa shape index (κ3) is 4.38. The van der Waals surface area contributed by atoms with Crippen LogP contribution >= 0.6 is 23.4 Å². The first-order valence-electron chi connectivity index (χ1n) is 4.98. The summed E-state index contributed by atoms with van der Waals surface area (Å²) >= 11 is 6.80. The highest BCUT2D eigenvalue weighted by Crippen LogP contribution is 2.32. The summed E-state index contributed by atoms with van der Waals surface area (Å²) in [5, 5.41) is 12.6. The van der Waals surface area contributed by atoms with E-state index in [9.17, 15) is 14.9 Å². The first kappa shape index (κ1) is 14.5. The average Bonchev–Trinajstić information content (AvgIpc) is 2.29. The molecule has 0 unspecified atom stereocenters. The van der Waals surface area contributed by atoms with E-state index in [-0.39, 0.29) is 12.3 Å².